The second kappa shape index (κ2) is 7.14. The van der Waals surface area contributed by atoms with Crippen LogP contribution in [0.25, 0.3) is 0 Å². The normalized spacial score (nSPS) is 20.5. The molecular formula is C18H27N3O. The lowest BCUT2D eigenvalue weighted by Crippen LogP contribution is -2.51. The van der Waals surface area contributed by atoms with Gasteiger partial charge in [-0.2, -0.15) is 0 Å². The van der Waals surface area contributed by atoms with E-state index in [1.807, 2.05) is 29.2 Å². The summed E-state index contributed by atoms with van der Waals surface area (Å²) in [4.78, 5) is 17.0. The minimum Gasteiger partial charge on any atom is -0.399 e. The third-order valence-electron chi connectivity index (χ3n) is 5.17. The van der Waals surface area contributed by atoms with Crippen LogP contribution in [0.15, 0.2) is 24.3 Å². The van der Waals surface area contributed by atoms with Crippen LogP contribution in [0, 0.1) is 0 Å². The highest BCUT2D eigenvalue weighted by Gasteiger charge is 2.27. The molecule has 1 aromatic carbocycles. The van der Waals surface area contributed by atoms with Crippen LogP contribution in [0.5, 0.6) is 0 Å². The van der Waals surface area contributed by atoms with Crippen molar-refractivity contribution in [1.82, 2.24) is 9.80 Å². The van der Waals surface area contributed by atoms with E-state index in [1.165, 1.54) is 25.7 Å². The van der Waals surface area contributed by atoms with Crippen molar-refractivity contribution in [2.24, 2.45) is 0 Å². The van der Waals surface area contributed by atoms with Crippen molar-refractivity contribution in [2.75, 3.05) is 31.9 Å². The molecule has 22 heavy (non-hydrogen) atoms. The molecule has 1 saturated carbocycles. The Kier molecular flexibility index (Phi) is 4.98. The van der Waals surface area contributed by atoms with Gasteiger partial charge in [-0.25, -0.2) is 0 Å². The van der Waals surface area contributed by atoms with Crippen LogP contribution in [0.3, 0.4) is 0 Å². The summed E-state index contributed by atoms with van der Waals surface area (Å²) in [6.07, 6.45) is 6.76. The highest BCUT2D eigenvalue weighted by Crippen LogP contribution is 2.24. The van der Waals surface area contributed by atoms with E-state index in [0.29, 0.717) is 6.42 Å². The van der Waals surface area contributed by atoms with Crippen molar-refractivity contribution >= 4 is 11.6 Å². The largest absolute Gasteiger partial charge is 0.399 e. The first-order chi connectivity index (χ1) is 10.7. The minimum atomic E-state index is 0.273. The van der Waals surface area contributed by atoms with Crippen LogP contribution in [0.1, 0.15) is 37.7 Å². The number of nitrogens with two attached hydrogens (primary N) is 1. The molecule has 1 heterocycles. The van der Waals surface area contributed by atoms with E-state index in [9.17, 15) is 4.79 Å². The number of anilines is 1. The molecule has 2 aliphatic rings. The van der Waals surface area contributed by atoms with Crippen molar-refractivity contribution in [2.45, 2.75) is 44.6 Å². The molecule has 0 aromatic heterocycles. The Morgan fingerprint density at radius 2 is 1.77 bits per heavy atom. The summed E-state index contributed by atoms with van der Waals surface area (Å²) in [7, 11) is 0. The smallest absolute Gasteiger partial charge is 0.222 e. The molecule has 0 unspecified atom stereocenters. The van der Waals surface area contributed by atoms with Gasteiger partial charge in [0.15, 0.2) is 0 Å². The first-order valence-electron chi connectivity index (χ1n) is 8.59. The number of nitrogen functional groups attached to an aromatic ring is 1. The predicted octanol–water partition coefficient (Wildman–Crippen LogP) is 2.29. The van der Waals surface area contributed by atoms with Gasteiger partial charge < -0.3 is 10.6 Å². The van der Waals surface area contributed by atoms with E-state index < -0.39 is 0 Å². The molecule has 2 N–H and O–H groups in total. The molecule has 1 amide bonds. The molecule has 0 radical (unpaired) electrons. The fourth-order valence-corrected chi connectivity index (χ4v) is 3.77. The maximum absolute atomic E-state index is 12.4. The zero-order valence-corrected chi connectivity index (χ0v) is 13.3. The first-order valence-corrected chi connectivity index (χ1v) is 8.59. The Hall–Kier alpha value is -1.55. The second-order valence-electron chi connectivity index (χ2n) is 6.55. The number of piperazine rings is 1. The molecule has 3 rings (SSSR count). The molecule has 0 bridgehead atoms. The molecule has 1 saturated heterocycles. The van der Waals surface area contributed by atoms with Crippen LogP contribution in [-0.4, -0.2) is 47.9 Å². The fourth-order valence-electron chi connectivity index (χ4n) is 3.77. The minimum absolute atomic E-state index is 0.273. The van der Waals surface area contributed by atoms with Crippen molar-refractivity contribution in [3.8, 4) is 0 Å². The van der Waals surface area contributed by atoms with E-state index in [1.54, 1.807) is 0 Å². The van der Waals surface area contributed by atoms with Gasteiger partial charge in [-0.3, -0.25) is 9.69 Å². The summed E-state index contributed by atoms with van der Waals surface area (Å²) in [5, 5.41) is 0. The summed E-state index contributed by atoms with van der Waals surface area (Å²) in [5.41, 5.74) is 7.82. The first kappa shape index (κ1) is 15.3. The van der Waals surface area contributed by atoms with Crippen molar-refractivity contribution in [3.63, 3.8) is 0 Å². The van der Waals surface area contributed by atoms with E-state index >= 15 is 0 Å². The quantitative estimate of drug-likeness (QED) is 0.868. The molecule has 1 aliphatic heterocycles. The molecule has 1 aliphatic carbocycles. The zero-order chi connectivity index (χ0) is 15.4. The Morgan fingerprint density at radius 1 is 1.09 bits per heavy atom. The molecule has 4 nitrogen and oxygen atoms in total. The number of carbonyl (C=O) groups excluding carboxylic acids is 1. The number of amides is 1. The number of para-hydroxylation sites is 1. The standard InChI is InChI=1S/C18H27N3O/c19-17-8-4-1-5-15(17)9-10-18(22)21-13-11-20(12-14-21)16-6-2-3-7-16/h1,4-5,8,16H,2-3,6-7,9-14,19H2. The van der Waals surface area contributed by atoms with Gasteiger partial charge in [0.1, 0.15) is 0 Å². The average Bonchev–Trinajstić information content (AvgIpc) is 3.08. The van der Waals surface area contributed by atoms with Crippen molar-refractivity contribution in [3.05, 3.63) is 29.8 Å². The topological polar surface area (TPSA) is 49.6 Å². The summed E-state index contributed by atoms with van der Waals surface area (Å²) >= 11 is 0. The second-order valence-corrected chi connectivity index (χ2v) is 6.55. The lowest BCUT2D eigenvalue weighted by atomic mass is 10.1. The number of hydrogen-bond donors (Lipinski definition) is 1. The van der Waals surface area contributed by atoms with E-state index in [0.717, 1.165) is 49.9 Å². The number of aryl methyl sites for hydroxylation is 1. The van der Waals surface area contributed by atoms with Gasteiger partial charge in [0.2, 0.25) is 5.91 Å². The Bertz CT molecular complexity index is 503. The van der Waals surface area contributed by atoms with E-state index in [-0.39, 0.29) is 5.91 Å². The summed E-state index contributed by atoms with van der Waals surface area (Å²) < 4.78 is 0. The maximum Gasteiger partial charge on any atom is 0.222 e. The van der Waals surface area contributed by atoms with Crippen LogP contribution >= 0.6 is 0 Å². The highest BCUT2D eigenvalue weighted by atomic mass is 16.2. The van der Waals surface area contributed by atoms with Crippen molar-refractivity contribution < 1.29 is 4.79 Å². The van der Waals surface area contributed by atoms with Gasteiger partial charge in [-0.1, -0.05) is 31.0 Å². The van der Waals surface area contributed by atoms with E-state index in [2.05, 4.69) is 4.90 Å². The van der Waals surface area contributed by atoms with Gasteiger partial charge in [-0.05, 0) is 30.9 Å². The molecule has 4 heteroatoms. The summed E-state index contributed by atoms with van der Waals surface area (Å²) in [6.45, 7) is 3.87. The van der Waals surface area contributed by atoms with Gasteiger partial charge in [0.25, 0.3) is 0 Å². The van der Waals surface area contributed by atoms with Gasteiger partial charge >= 0.3 is 0 Å². The third kappa shape index (κ3) is 3.61. The Morgan fingerprint density at radius 3 is 2.45 bits per heavy atom. The summed E-state index contributed by atoms with van der Waals surface area (Å²) in [5.74, 6) is 0.273. The lowest BCUT2D eigenvalue weighted by Gasteiger charge is -2.38. The van der Waals surface area contributed by atoms with Gasteiger partial charge in [0, 0.05) is 44.3 Å². The number of rotatable bonds is 4. The van der Waals surface area contributed by atoms with Crippen molar-refractivity contribution in [1.29, 1.82) is 0 Å². The molecule has 0 spiro atoms. The SMILES string of the molecule is Nc1ccccc1CCC(=O)N1CCN(C2CCCC2)CC1. The molecule has 2 fully saturated rings. The number of carbonyl (C=O) groups is 1. The monoisotopic (exact) mass is 301 g/mol. The predicted molar refractivity (Wildman–Crippen MR) is 89.6 cm³/mol. The Balaban J connectivity index is 1.45. The number of nitrogens with zero attached hydrogens (tertiary/aromatic N) is 2. The van der Waals surface area contributed by atoms with Gasteiger partial charge in [-0.15, -0.1) is 0 Å². The van der Waals surface area contributed by atoms with E-state index in [4.69, 9.17) is 5.73 Å². The molecule has 120 valence electrons. The van der Waals surface area contributed by atoms with Crippen LogP contribution in [0.4, 0.5) is 5.69 Å². The average molecular weight is 301 g/mol. The molecular weight excluding hydrogens is 274 g/mol. The molecule has 0 atom stereocenters. The van der Waals surface area contributed by atoms with Crippen LogP contribution in [-0.2, 0) is 11.2 Å². The van der Waals surface area contributed by atoms with Gasteiger partial charge in [0.05, 0.1) is 0 Å². The number of hydrogen-bond acceptors (Lipinski definition) is 3. The highest BCUT2D eigenvalue weighted by molar-refractivity contribution is 5.76. The molecule has 1 aromatic rings. The Labute approximate surface area is 133 Å². The fraction of sp³-hybridized carbons (Fsp3) is 0.611. The third-order valence-corrected chi connectivity index (χ3v) is 5.17. The summed E-state index contributed by atoms with van der Waals surface area (Å²) in [6, 6.07) is 8.61. The zero-order valence-electron chi connectivity index (χ0n) is 13.3. The lowest BCUT2D eigenvalue weighted by molar-refractivity contribution is -0.133. The van der Waals surface area contributed by atoms with Crippen LogP contribution in [0.2, 0.25) is 0 Å². The number of benzene rings is 1. The van der Waals surface area contributed by atoms with Crippen LogP contribution < -0.4 is 5.73 Å². The maximum atomic E-state index is 12.4.